The SMILES string of the molecule is CC(C)(C)OC1OC1N1CCC(c2ccn[nH]2)CC1. The summed E-state index contributed by atoms with van der Waals surface area (Å²) in [4.78, 5) is 2.39. The van der Waals surface area contributed by atoms with Gasteiger partial charge in [0.25, 0.3) is 0 Å². The van der Waals surface area contributed by atoms with E-state index in [4.69, 9.17) is 9.47 Å². The van der Waals surface area contributed by atoms with E-state index in [1.54, 1.807) is 0 Å². The van der Waals surface area contributed by atoms with Gasteiger partial charge in [-0.1, -0.05) is 0 Å². The molecule has 3 heterocycles. The Morgan fingerprint density at radius 1 is 1.37 bits per heavy atom. The standard InChI is InChI=1S/C14H23N3O2/c1-14(2,3)19-13-12(18-13)17-8-5-10(6-9-17)11-4-7-15-16-11/h4,7,10,12-13H,5-6,8-9H2,1-3H3,(H,15,16). The van der Waals surface area contributed by atoms with E-state index in [1.807, 2.05) is 6.20 Å². The zero-order valence-electron chi connectivity index (χ0n) is 11.9. The molecule has 5 heteroatoms. The second-order valence-electron chi connectivity index (χ2n) is 6.45. The molecule has 0 saturated carbocycles. The highest BCUT2D eigenvalue weighted by Crippen LogP contribution is 2.35. The zero-order chi connectivity index (χ0) is 13.5. The highest BCUT2D eigenvalue weighted by Gasteiger charge is 2.47. The molecular formula is C14H23N3O2. The maximum absolute atomic E-state index is 5.83. The molecule has 2 fully saturated rings. The fourth-order valence-electron chi connectivity index (χ4n) is 2.74. The molecule has 0 aliphatic carbocycles. The van der Waals surface area contributed by atoms with Crippen molar-refractivity contribution in [1.29, 1.82) is 0 Å². The Hall–Kier alpha value is -0.910. The third-order valence-corrected chi connectivity index (χ3v) is 3.75. The summed E-state index contributed by atoms with van der Waals surface area (Å²) in [5, 5.41) is 7.11. The number of aromatic nitrogens is 2. The summed E-state index contributed by atoms with van der Waals surface area (Å²) >= 11 is 0. The van der Waals surface area contributed by atoms with Gasteiger partial charge in [0, 0.05) is 30.9 Å². The van der Waals surface area contributed by atoms with E-state index in [9.17, 15) is 0 Å². The van der Waals surface area contributed by atoms with Gasteiger partial charge in [0.15, 0.2) is 12.5 Å². The Balaban J connectivity index is 1.47. The molecule has 0 aromatic carbocycles. The van der Waals surface area contributed by atoms with Crippen LogP contribution >= 0.6 is 0 Å². The minimum atomic E-state index is -0.131. The first kappa shape index (κ1) is 13.1. The van der Waals surface area contributed by atoms with Gasteiger partial charge in [-0.2, -0.15) is 5.10 Å². The lowest BCUT2D eigenvalue weighted by molar-refractivity contribution is -0.0579. The van der Waals surface area contributed by atoms with Crippen molar-refractivity contribution in [2.24, 2.45) is 0 Å². The van der Waals surface area contributed by atoms with Gasteiger partial charge in [-0.05, 0) is 39.7 Å². The number of nitrogens with zero attached hydrogens (tertiary/aromatic N) is 2. The lowest BCUT2D eigenvalue weighted by Crippen LogP contribution is -2.37. The molecule has 106 valence electrons. The number of epoxide rings is 1. The topological polar surface area (TPSA) is 53.7 Å². The van der Waals surface area contributed by atoms with Crippen molar-refractivity contribution in [1.82, 2.24) is 15.1 Å². The third-order valence-electron chi connectivity index (χ3n) is 3.75. The lowest BCUT2D eigenvalue weighted by Gasteiger charge is -2.30. The minimum absolute atomic E-state index is 0.0382. The molecule has 2 aliphatic heterocycles. The van der Waals surface area contributed by atoms with Crippen LogP contribution in [0.25, 0.3) is 0 Å². The number of hydrogen-bond donors (Lipinski definition) is 1. The first-order chi connectivity index (χ1) is 9.03. The van der Waals surface area contributed by atoms with Gasteiger partial charge in [-0.25, -0.2) is 0 Å². The van der Waals surface area contributed by atoms with Crippen LogP contribution in [0.15, 0.2) is 12.3 Å². The smallest absolute Gasteiger partial charge is 0.200 e. The van der Waals surface area contributed by atoms with Crippen molar-refractivity contribution in [3.8, 4) is 0 Å². The van der Waals surface area contributed by atoms with Gasteiger partial charge in [-0.3, -0.25) is 10.00 Å². The van der Waals surface area contributed by atoms with E-state index in [0.717, 1.165) is 25.9 Å². The summed E-state index contributed by atoms with van der Waals surface area (Å²) in [6.07, 6.45) is 4.28. The van der Waals surface area contributed by atoms with Crippen molar-refractivity contribution in [3.05, 3.63) is 18.0 Å². The highest BCUT2D eigenvalue weighted by atomic mass is 16.8. The Morgan fingerprint density at radius 2 is 2.11 bits per heavy atom. The van der Waals surface area contributed by atoms with Crippen LogP contribution in [-0.2, 0) is 9.47 Å². The van der Waals surface area contributed by atoms with Crippen LogP contribution in [0.3, 0.4) is 0 Å². The molecule has 1 aromatic rings. The molecule has 2 atom stereocenters. The average molecular weight is 265 g/mol. The van der Waals surface area contributed by atoms with Crippen LogP contribution in [0.4, 0.5) is 0 Å². The van der Waals surface area contributed by atoms with E-state index >= 15 is 0 Å². The zero-order valence-corrected chi connectivity index (χ0v) is 11.9. The van der Waals surface area contributed by atoms with Gasteiger partial charge >= 0.3 is 0 Å². The van der Waals surface area contributed by atoms with Crippen LogP contribution in [-0.4, -0.2) is 46.3 Å². The molecule has 1 N–H and O–H groups in total. The Labute approximate surface area is 114 Å². The predicted molar refractivity (Wildman–Crippen MR) is 71.6 cm³/mol. The van der Waals surface area contributed by atoms with Crippen LogP contribution in [0.2, 0.25) is 0 Å². The molecule has 2 unspecified atom stereocenters. The summed E-state index contributed by atoms with van der Waals surface area (Å²) in [6, 6.07) is 2.08. The molecule has 2 aliphatic rings. The van der Waals surface area contributed by atoms with E-state index in [1.165, 1.54) is 5.69 Å². The summed E-state index contributed by atoms with van der Waals surface area (Å²) in [7, 11) is 0. The van der Waals surface area contributed by atoms with Crippen LogP contribution in [0.5, 0.6) is 0 Å². The van der Waals surface area contributed by atoms with Gasteiger partial charge in [0.1, 0.15) is 0 Å². The van der Waals surface area contributed by atoms with E-state index in [2.05, 4.69) is 41.9 Å². The van der Waals surface area contributed by atoms with Crippen LogP contribution < -0.4 is 0 Å². The Kier molecular flexibility index (Phi) is 3.37. The third kappa shape index (κ3) is 3.16. The van der Waals surface area contributed by atoms with Crippen molar-refractivity contribution >= 4 is 0 Å². The van der Waals surface area contributed by atoms with Crippen LogP contribution in [0.1, 0.15) is 45.2 Å². The van der Waals surface area contributed by atoms with Gasteiger partial charge < -0.3 is 9.47 Å². The monoisotopic (exact) mass is 265 g/mol. The first-order valence-corrected chi connectivity index (χ1v) is 7.09. The Bertz CT molecular complexity index is 405. The number of likely N-dealkylation sites (tertiary alicyclic amines) is 1. The fraction of sp³-hybridized carbons (Fsp3) is 0.786. The van der Waals surface area contributed by atoms with Crippen molar-refractivity contribution < 1.29 is 9.47 Å². The molecule has 3 rings (SSSR count). The Morgan fingerprint density at radius 3 is 2.68 bits per heavy atom. The molecule has 0 bridgehead atoms. The second-order valence-corrected chi connectivity index (χ2v) is 6.45. The predicted octanol–water partition coefficient (Wildman–Crippen LogP) is 2.09. The first-order valence-electron chi connectivity index (χ1n) is 7.09. The van der Waals surface area contributed by atoms with E-state index in [0.29, 0.717) is 5.92 Å². The number of piperidine rings is 1. The number of hydrogen-bond acceptors (Lipinski definition) is 4. The van der Waals surface area contributed by atoms with Crippen LogP contribution in [0, 0.1) is 0 Å². The molecule has 1 aromatic heterocycles. The molecule has 0 spiro atoms. The second kappa shape index (κ2) is 4.89. The van der Waals surface area contributed by atoms with E-state index < -0.39 is 0 Å². The number of nitrogens with one attached hydrogen (secondary N) is 1. The maximum atomic E-state index is 5.83. The molecule has 0 radical (unpaired) electrons. The van der Waals surface area contributed by atoms with Gasteiger partial charge in [0.2, 0.25) is 0 Å². The average Bonchev–Trinajstić information content (AvgIpc) is 2.90. The van der Waals surface area contributed by atoms with Crippen molar-refractivity contribution in [2.45, 2.75) is 57.6 Å². The van der Waals surface area contributed by atoms with Gasteiger partial charge in [0.05, 0.1) is 5.60 Å². The molecule has 2 saturated heterocycles. The summed E-state index contributed by atoms with van der Waals surface area (Å²) in [6.45, 7) is 8.33. The molecule has 0 amide bonds. The van der Waals surface area contributed by atoms with E-state index in [-0.39, 0.29) is 18.1 Å². The number of H-pyrrole nitrogens is 1. The fourth-order valence-corrected chi connectivity index (χ4v) is 2.74. The van der Waals surface area contributed by atoms with Crippen molar-refractivity contribution in [3.63, 3.8) is 0 Å². The number of rotatable bonds is 3. The molecular weight excluding hydrogens is 242 g/mol. The molecule has 5 nitrogen and oxygen atoms in total. The number of aromatic amines is 1. The number of ether oxygens (including phenoxy) is 2. The minimum Gasteiger partial charge on any atom is -0.343 e. The highest BCUT2D eigenvalue weighted by molar-refractivity contribution is 5.07. The lowest BCUT2D eigenvalue weighted by atomic mass is 9.94. The summed E-state index contributed by atoms with van der Waals surface area (Å²) in [5.74, 6) is 0.611. The normalized spacial score (nSPS) is 29.6. The summed E-state index contributed by atoms with van der Waals surface area (Å²) in [5.41, 5.74) is 1.13. The largest absolute Gasteiger partial charge is 0.343 e. The quantitative estimate of drug-likeness (QED) is 0.850. The molecule has 19 heavy (non-hydrogen) atoms. The summed E-state index contributed by atoms with van der Waals surface area (Å²) < 4.78 is 11.5. The van der Waals surface area contributed by atoms with Crippen molar-refractivity contribution in [2.75, 3.05) is 13.1 Å². The maximum Gasteiger partial charge on any atom is 0.200 e. The van der Waals surface area contributed by atoms with Gasteiger partial charge in [-0.15, -0.1) is 0 Å².